The van der Waals surface area contributed by atoms with E-state index in [9.17, 15) is 24.9 Å². The predicted octanol–water partition coefficient (Wildman–Crippen LogP) is 4.51. The molecule has 2 aliphatic heterocycles. The van der Waals surface area contributed by atoms with Crippen molar-refractivity contribution in [2.45, 2.75) is 115 Å². The van der Waals surface area contributed by atoms with Crippen LogP contribution in [-0.2, 0) is 19.0 Å². The number of hydrogen-bond donors (Lipinski definition) is 4. The lowest BCUT2D eigenvalue weighted by molar-refractivity contribution is -0.151. The zero-order valence-corrected chi connectivity index (χ0v) is 27.8. The average Bonchev–Trinajstić information content (AvgIpc) is 3.80. The highest BCUT2D eigenvalue weighted by Crippen LogP contribution is 2.39. The van der Waals surface area contributed by atoms with Crippen molar-refractivity contribution in [3.8, 4) is 0 Å². The molecular weight excluding hydrogens is 574 g/mol. The Balaban J connectivity index is 1.85. The van der Waals surface area contributed by atoms with Gasteiger partial charge in [0.15, 0.2) is 0 Å². The van der Waals surface area contributed by atoms with Crippen LogP contribution in [0.3, 0.4) is 0 Å². The van der Waals surface area contributed by atoms with Gasteiger partial charge in [-0.25, -0.2) is 0 Å². The Morgan fingerprint density at radius 3 is 2.49 bits per heavy atom. The van der Waals surface area contributed by atoms with Crippen LogP contribution in [-0.4, -0.2) is 82.6 Å². The number of aliphatic hydroxyl groups is 3. The second kappa shape index (κ2) is 16.7. The molecule has 2 heterocycles. The molecule has 0 aliphatic carbocycles. The number of allylic oxidation sites excluding steroid dienone is 2. The molecule has 1 fully saturated rings. The van der Waals surface area contributed by atoms with Crippen LogP contribution in [0.15, 0.2) is 66.3 Å². The number of ether oxygens (including phenoxy) is 3. The molecule has 45 heavy (non-hydrogen) atoms. The summed E-state index contributed by atoms with van der Waals surface area (Å²) in [6.07, 6.45) is 7.46. The summed E-state index contributed by atoms with van der Waals surface area (Å²) in [5, 5.41) is 35.6. The maximum absolute atomic E-state index is 13.2. The number of rotatable bonds is 11. The summed E-state index contributed by atoms with van der Waals surface area (Å²) in [5.41, 5.74) is -0.317. The minimum atomic E-state index is -1.51. The minimum Gasteiger partial charge on any atom is -0.457 e. The molecule has 0 saturated carbocycles. The van der Waals surface area contributed by atoms with Crippen molar-refractivity contribution in [1.82, 2.24) is 5.32 Å². The summed E-state index contributed by atoms with van der Waals surface area (Å²) in [4.78, 5) is 25.9. The number of amides is 1. The largest absolute Gasteiger partial charge is 0.457 e. The number of esters is 1. The Morgan fingerprint density at radius 1 is 1.16 bits per heavy atom. The van der Waals surface area contributed by atoms with Gasteiger partial charge in [0.2, 0.25) is 0 Å². The maximum atomic E-state index is 13.2. The van der Waals surface area contributed by atoms with Crippen molar-refractivity contribution in [3.63, 3.8) is 0 Å². The van der Waals surface area contributed by atoms with Crippen LogP contribution in [0.25, 0.3) is 0 Å². The second-order valence-electron chi connectivity index (χ2n) is 13.0. The fraction of sp³-hybridized carbons (Fsp3) is 0.611. The van der Waals surface area contributed by atoms with Crippen LogP contribution < -0.4 is 5.32 Å². The molecule has 0 spiro atoms. The Kier molecular flexibility index (Phi) is 13.6. The van der Waals surface area contributed by atoms with Crippen LogP contribution in [0.1, 0.15) is 77.6 Å². The second-order valence-corrected chi connectivity index (χ2v) is 13.0. The highest BCUT2D eigenvalue weighted by atomic mass is 16.6. The number of carbonyl (C=O) groups excluding carboxylic acids is 2. The third-order valence-electron chi connectivity index (χ3n) is 9.18. The number of epoxide rings is 1. The fourth-order valence-corrected chi connectivity index (χ4v) is 6.07. The Labute approximate surface area is 268 Å². The molecule has 9 heteroatoms. The number of aliphatic hydroxyl groups excluding tert-OH is 2. The summed E-state index contributed by atoms with van der Waals surface area (Å²) >= 11 is 0. The summed E-state index contributed by atoms with van der Waals surface area (Å²) in [6.45, 7) is 11.4. The lowest BCUT2D eigenvalue weighted by atomic mass is 9.87. The third-order valence-corrected chi connectivity index (χ3v) is 9.18. The molecule has 1 amide bonds. The first kappa shape index (κ1) is 36.6. The van der Waals surface area contributed by atoms with Crippen LogP contribution in [0, 0.1) is 17.8 Å². The van der Waals surface area contributed by atoms with Crippen LogP contribution in [0.4, 0.5) is 0 Å². The fourth-order valence-electron chi connectivity index (χ4n) is 6.07. The van der Waals surface area contributed by atoms with E-state index in [4.69, 9.17) is 14.2 Å². The first-order chi connectivity index (χ1) is 21.3. The van der Waals surface area contributed by atoms with Crippen molar-refractivity contribution in [2.24, 2.45) is 17.8 Å². The van der Waals surface area contributed by atoms with Gasteiger partial charge < -0.3 is 34.8 Å². The van der Waals surface area contributed by atoms with Crippen molar-refractivity contribution in [3.05, 3.63) is 71.8 Å². The number of methoxy groups -OCH3 is 1. The standard InChI is InChI=1S/C36H53NO8/c1-8-29(43-7)25(5)32-33(45-32)34(37-35(41)26-14-10-9-11-15-26)36(6,42)20-12-13-23(3)31-24(4)17-19-28(39)22(2)16-18-27(38)21-30(40)44-31/h9-15,17,19-20,22,24-25,27-29,31-34,38-39,42H,8,16,18,21H2,1-7H3,(H,37,41). The minimum absolute atomic E-state index is 0.0216. The third kappa shape index (κ3) is 10.3. The molecular formula is C36H53NO8. The highest BCUT2D eigenvalue weighted by Gasteiger charge is 2.54. The first-order valence-electron chi connectivity index (χ1n) is 16.1. The number of benzene rings is 1. The van der Waals surface area contributed by atoms with E-state index in [1.807, 2.05) is 46.8 Å². The molecule has 0 bridgehead atoms. The molecule has 9 nitrogen and oxygen atoms in total. The van der Waals surface area contributed by atoms with E-state index in [2.05, 4.69) is 5.32 Å². The molecule has 4 N–H and O–H groups in total. The Bertz CT molecular complexity index is 1190. The van der Waals surface area contributed by atoms with E-state index in [1.165, 1.54) is 0 Å². The summed E-state index contributed by atoms with van der Waals surface area (Å²) in [7, 11) is 1.67. The van der Waals surface area contributed by atoms with E-state index < -0.39 is 42.0 Å². The molecule has 11 unspecified atom stereocenters. The Morgan fingerprint density at radius 2 is 1.84 bits per heavy atom. The lowest BCUT2D eigenvalue weighted by Crippen LogP contribution is -2.54. The van der Waals surface area contributed by atoms with E-state index >= 15 is 0 Å². The lowest BCUT2D eigenvalue weighted by Gasteiger charge is -2.31. The molecule has 0 radical (unpaired) electrons. The van der Waals surface area contributed by atoms with E-state index in [0.717, 1.165) is 6.42 Å². The van der Waals surface area contributed by atoms with Crippen molar-refractivity contribution in [2.75, 3.05) is 7.11 Å². The van der Waals surface area contributed by atoms with Crippen molar-refractivity contribution >= 4 is 11.9 Å². The van der Waals surface area contributed by atoms with Gasteiger partial charge in [-0.15, -0.1) is 0 Å². The summed E-state index contributed by atoms with van der Waals surface area (Å²) in [5.74, 6) is -1.09. The highest BCUT2D eigenvalue weighted by molar-refractivity contribution is 5.94. The van der Waals surface area contributed by atoms with Crippen LogP contribution in [0.2, 0.25) is 0 Å². The summed E-state index contributed by atoms with van der Waals surface area (Å²) < 4.78 is 17.5. The molecule has 1 saturated heterocycles. The molecule has 1 aromatic rings. The normalized spacial score (nSPS) is 31.6. The molecule has 250 valence electrons. The van der Waals surface area contributed by atoms with Gasteiger partial charge in [-0.1, -0.05) is 76.3 Å². The number of cyclic esters (lactones) is 1. The number of hydrogen-bond acceptors (Lipinski definition) is 8. The monoisotopic (exact) mass is 627 g/mol. The number of nitrogens with one attached hydrogen (secondary N) is 1. The Hall–Kier alpha value is -2.82. The average molecular weight is 628 g/mol. The van der Waals surface area contributed by atoms with Gasteiger partial charge in [0.25, 0.3) is 5.91 Å². The zero-order chi connectivity index (χ0) is 33.3. The van der Waals surface area contributed by atoms with E-state index in [1.54, 1.807) is 62.6 Å². The van der Waals surface area contributed by atoms with Gasteiger partial charge in [-0.3, -0.25) is 9.59 Å². The number of carbonyl (C=O) groups is 2. The quantitative estimate of drug-likeness (QED) is 0.122. The smallest absolute Gasteiger partial charge is 0.309 e. The van der Waals surface area contributed by atoms with Gasteiger partial charge in [0.1, 0.15) is 17.8 Å². The molecule has 3 rings (SSSR count). The molecule has 0 aromatic heterocycles. The van der Waals surface area contributed by atoms with Crippen molar-refractivity contribution in [1.29, 1.82) is 0 Å². The van der Waals surface area contributed by atoms with Gasteiger partial charge in [0, 0.05) is 24.5 Å². The molecule has 2 aliphatic rings. The van der Waals surface area contributed by atoms with E-state index in [0.29, 0.717) is 24.0 Å². The summed E-state index contributed by atoms with van der Waals surface area (Å²) in [6, 6.07) is 8.07. The van der Waals surface area contributed by atoms with Gasteiger partial charge in [0.05, 0.1) is 36.9 Å². The van der Waals surface area contributed by atoms with Gasteiger partial charge >= 0.3 is 5.97 Å². The van der Waals surface area contributed by atoms with Crippen molar-refractivity contribution < 1.29 is 39.1 Å². The van der Waals surface area contributed by atoms with Gasteiger partial charge in [-0.2, -0.15) is 0 Å². The maximum Gasteiger partial charge on any atom is 0.309 e. The van der Waals surface area contributed by atoms with Crippen LogP contribution >= 0.6 is 0 Å². The SMILES string of the molecule is CCC(OC)C(C)C1OC1C(NC(=O)c1ccccc1)C(C)(O)C=CC=C(C)C1OC(=O)CC(O)CCC(C)C(O)C=CC1C. The van der Waals surface area contributed by atoms with Crippen LogP contribution in [0.5, 0.6) is 0 Å². The topological polar surface area (TPSA) is 138 Å². The first-order valence-corrected chi connectivity index (χ1v) is 16.1. The zero-order valence-electron chi connectivity index (χ0n) is 27.8. The van der Waals surface area contributed by atoms with Gasteiger partial charge in [-0.05, 0) is 56.7 Å². The molecule has 1 aromatic carbocycles. The molecule has 11 atom stereocenters. The predicted molar refractivity (Wildman–Crippen MR) is 173 cm³/mol. The van der Waals surface area contributed by atoms with E-state index in [-0.39, 0.29) is 42.3 Å².